The summed E-state index contributed by atoms with van der Waals surface area (Å²) in [7, 11) is 0. The zero-order chi connectivity index (χ0) is 21.3. The summed E-state index contributed by atoms with van der Waals surface area (Å²) in [4.78, 5) is 17.5. The van der Waals surface area contributed by atoms with E-state index in [1.807, 2.05) is 75.4 Å². The molecule has 0 radical (unpaired) electrons. The van der Waals surface area contributed by atoms with Crippen molar-refractivity contribution in [3.05, 3.63) is 94.3 Å². The van der Waals surface area contributed by atoms with Crippen LogP contribution in [0.5, 0.6) is 0 Å². The molecule has 0 saturated heterocycles. The summed E-state index contributed by atoms with van der Waals surface area (Å²) in [6.07, 6.45) is 0. The fourth-order valence-corrected chi connectivity index (χ4v) is 3.24. The van der Waals surface area contributed by atoms with Crippen molar-refractivity contribution >= 4 is 23.2 Å². The topological polar surface area (TPSA) is 59.8 Å². The predicted molar refractivity (Wildman–Crippen MR) is 120 cm³/mol. The van der Waals surface area contributed by atoms with Crippen molar-refractivity contribution in [1.82, 2.24) is 14.8 Å². The Balaban J connectivity index is 1.76. The monoisotopic (exact) mass is 416 g/mol. The predicted octanol–water partition coefficient (Wildman–Crippen LogP) is 5.77. The van der Waals surface area contributed by atoms with Gasteiger partial charge in [0, 0.05) is 16.3 Å². The molecule has 30 heavy (non-hydrogen) atoms. The number of amides is 1. The van der Waals surface area contributed by atoms with Crippen LogP contribution >= 0.6 is 11.6 Å². The third-order valence-electron chi connectivity index (χ3n) is 4.85. The highest BCUT2D eigenvalue weighted by molar-refractivity contribution is 6.31. The van der Waals surface area contributed by atoms with Crippen LogP contribution in [-0.4, -0.2) is 20.7 Å². The number of aryl methyl sites for hydroxylation is 3. The first-order valence-electron chi connectivity index (χ1n) is 9.59. The number of nitrogens with zero attached hydrogens (tertiary/aromatic N) is 3. The van der Waals surface area contributed by atoms with Crippen LogP contribution in [0.15, 0.2) is 66.7 Å². The van der Waals surface area contributed by atoms with Crippen molar-refractivity contribution in [3.8, 4) is 17.1 Å². The Bertz CT molecular complexity index is 1150. The van der Waals surface area contributed by atoms with Crippen molar-refractivity contribution in [3.63, 3.8) is 0 Å². The van der Waals surface area contributed by atoms with E-state index in [1.165, 1.54) is 0 Å². The van der Waals surface area contributed by atoms with E-state index in [-0.39, 0.29) is 11.7 Å². The number of nitrogens with one attached hydrogen (secondary N) is 1. The number of carbonyl (C=O) groups excluding carboxylic acids is 1. The van der Waals surface area contributed by atoms with Crippen LogP contribution in [0.4, 0.5) is 5.69 Å². The molecule has 0 saturated carbocycles. The average Bonchev–Trinajstić information content (AvgIpc) is 3.17. The smallest absolute Gasteiger partial charge is 0.295 e. The molecule has 1 amide bonds. The van der Waals surface area contributed by atoms with E-state index < -0.39 is 0 Å². The Hall–Kier alpha value is -3.44. The van der Waals surface area contributed by atoms with Crippen molar-refractivity contribution in [1.29, 1.82) is 0 Å². The summed E-state index contributed by atoms with van der Waals surface area (Å²) in [5, 5.41) is 7.94. The highest BCUT2D eigenvalue weighted by atomic mass is 35.5. The number of hydrogen-bond donors (Lipinski definition) is 1. The number of rotatable bonds is 4. The first-order valence-corrected chi connectivity index (χ1v) is 9.97. The molecule has 0 unspecified atom stereocenters. The molecule has 0 aliphatic carbocycles. The van der Waals surface area contributed by atoms with Crippen LogP contribution in [0, 0.1) is 20.8 Å². The molecular weight excluding hydrogens is 396 g/mol. The van der Waals surface area contributed by atoms with Crippen LogP contribution in [0.2, 0.25) is 5.02 Å². The number of benzene rings is 3. The van der Waals surface area contributed by atoms with Gasteiger partial charge in [-0.1, -0.05) is 65.2 Å². The molecule has 4 rings (SSSR count). The zero-order valence-corrected chi connectivity index (χ0v) is 17.7. The normalized spacial score (nSPS) is 10.8. The lowest BCUT2D eigenvalue weighted by atomic mass is 10.1. The SMILES string of the molecule is Cc1ccc(-c2nc(C(=O)Nc3cc(Cl)ccc3C)nn2-c2ccc(C)cc2)cc1. The van der Waals surface area contributed by atoms with Gasteiger partial charge in [0.15, 0.2) is 5.82 Å². The van der Waals surface area contributed by atoms with E-state index in [9.17, 15) is 4.79 Å². The third-order valence-corrected chi connectivity index (χ3v) is 5.08. The molecule has 1 aromatic heterocycles. The molecule has 1 N–H and O–H groups in total. The van der Waals surface area contributed by atoms with Gasteiger partial charge in [0.2, 0.25) is 5.82 Å². The van der Waals surface area contributed by atoms with Crippen molar-refractivity contribution in [2.45, 2.75) is 20.8 Å². The highest BCUT2D eigenvalue weighted by Crippen LogP contribution is 2.24. The second kappa shape index (κ2) is 8.13. The molecule has 4 aromatic rings. The second-order valence-corrected chi connectivity index (χ2v) is 7.72. The van der Waals surface area contributed by atoms with E-state index in [0.717, 1.165) is 27.9 Å². The van der Waals surface area contributed by atoms with Crippen LogP contribution in [0.25, 0.3) is 17.1 Å². The maximum atomic E-state index is 12.9. The van der Waals surface area contributed by atoms with Gasteiger partial charge in [-0.3, -0.25) is 4.79 Å². The fourth-order valence-electron chi connectivity index (χ4n) is 3.07. The number of aromatic nitrogens is 3. The molecule has 1 heterocycles. The molecule has 0 aliphatic rings. The average molecular weight is 417 g/mol. The van der Waals surface area contributed by atoms with Gasteiger partial charge in [-0.2, -0.15) is 0 Å². The van der Waals surface area contributed by atoms with E-state index >= 15 is 0 Å². The maximum Gasteiger partial charge on any atom is 0.295 e. The van der Waals surface area contributed by atoms with Gasteiger partial charge >= 0.3 is 0 Å². The van der Waals surface area contributed by atoms with Crippen LogP contribution in [-0.2, 0) is 0 Å². The van der Waals surface area contributed by atoms with E-state index in [1.54, 1.807) is 16.8 Å². The number of carbonyl (C=O) groups is 1. The Morgan fingerprint density at radius 2 is 1.53 bits per heavy atom. The summed E-state index contributed by atoms with van der Waals surface area (Å²) in [6.45, 7) is 5.96. The van der Waals surface area contributed by atoms with Gasteiger partial charge in [0.1, 0.15) is 0 Å². The molecule has 0 fully saturated rings. The molecule has 0 spiro atoms. The Morgan fingerprint density at radius 1 is 0.900 bits per heavy atom. The van der Waals surface area contributed by atoms with Gasteiger partial charge in [-0.15, -0.1) is 5.10 Å². The minimum absolute atomic E-state index is 0.0884. The van der Waals surface area contributed by atoms with Crippen molar-refractivity contribution in [2.24, 2.45) is 0 Å². The minimum Gasteiger partial charge on any atom is -0.319 e. The molecule has 0 bridgehead atoms. The van der Waals surface area contributed by atoms with E-state index in [0.29, 0.717) is 16.5 Å². The summed E-state index contributed by atoms with van der Waals surface area (Å²) in [5.74, 6) is 0.303. The standard InChI is InChI=1S/C24H21ClN4O/c1-15-4-9-18(10-5-15)23-27-22(28-29(23)20-12-6-16(2)7-13-20)24(30)26-21-14-19(25)11-8-17(21)3/h4-14H,1-3H3,(H,26,30). The summed E-state index contributed by atoms with van der Waals surface area (Å²) in [5.41, 5.74) is 5.55. The number of anilines is 1. The molecule has 0 aliphatic heterocycles. The van der Waals surface area contributed by atoms with Gasteiger partial charge in [0.05, 0.1) is 5.69 Å². The van der Waals surface area contributed by atoms with Crippen molar-refractivity contribution < 1.29 is 4.79 Å². The molecule has 5 nitrogen and oxygen atoms in total. The van der Waals surface area contributed by atoms with Crippen LogP contribution in [0.3, 0.4) is 0 Å². The summed E-state index contributed by atoms with van der Waals surface area (Å²) >= 11 is 6.07. The van der Waals surface area contributed by atoms with Crippen LogP contribution < -0.4 is 5.32 Å². The van der Waals surface area contributed by atoms with Gasteiger partial charge < -0.3 is 5.32 Å². The molecule has 6 heteroatoms. The zero-order valence-electron chi connectivity index (χ0n) is 17.0. The Kier molecular flexibility index (Phi) is 5.38. The quantitative estimate of drug-likeness (QED) is 0.459. The highest BCUT2D eigenvalue weighted by Gasteiger charge is 2.19. The van der Waals surface area contributed by atoms with Crippen molar-refractivity contribution in [2.75, 3.05) is 5.32 Å². The first-order chi connectivity index (χ1) is 14.4. The first kappa shape index (κ1) is 19.9. The molecule has 150 valence electrons. The fraction of sp³-hybridized carbons (Fsp3) is 0.125. The largest absolute Gasteiger partial charge is 0.319 e. The van der Waals surface area contributed by atoms with Crippen LogP contribution in [0.1, 0.15) is 27.3 Å². The molecule has 3 aromatic carbocycles. The number of hydrogen-bond acceptors (Lipinski definition) is 3. The maximum absolute atomic E-state index is 12.9. The lowest BCUT2D eigenvalue weighted by Crippen LogP contribution is -2.15. The van der Waals surface area contributed by atoms with E-state index in [2.05, 4.69) is 15.4 Å². The summed E-state index contributed by atoms with van der Waals surface area (Å²) < 4.78 is 1.70. The van der Waals surface area contributed by atoms with Gasteiger partial charge in [-0.05, 0) is 50.6 Å². The van der Waals surface area contributed by atoms with Gasteiger partial charge in [-0.25, -0.2) is 9.67 Å². The Morgan fingerprint density at radius 3 is 2.20 bits per heavy atom. The lowest BCUT2D eigenvalue weighted by Gasteiger charge is -2.07. The van der Waals surface area contributed by atoms with E-state index in [4.69, 9.17) is 11.6 Å². The lowest BCUT2D eigenvalue weighted by molar-refractivity contribution is 0.101. The molecule has 0 atom stereocenters. The molecular formula is C24H21ClN4O. The number of halogens is 1. The van der Waals surface area contributed by atoms with Gasteiger partial charge in [0.25, 0.3) is 5.91 Å². The second-order valence-electron chi connectivity index (χ2n) is 7.29. The summed E-state index contributed by atoms with van der Waals surface area (Å²) in [6, 6.07) is 21.3. The Labute approximate surface area is 180 Å². The minimum atomic E-state index is -0.389. The third kappa shape index (κ3) is 4.11.